The third-order valence-electron chi connectivity index (χ3n) is 4.54. The third kappa shape index (κ3) is 1.99. The molecule has 0 amide bonds. The zero-order chi connectivity index (χ0) is 15.1. The first kappa shape index (κ1) is 13.3. The molecule has 22 heavy (non-hydrogen) atoms. The van der Waals surface area contributed by atoms with Crippen LogP contribution < -0.4 is 10.6 Å². The topological polar surface area (TPSA) is 46.6 Å². The van der Waals surface area contributed by atoms with E-state index in [4.69, 9.17) is 10.7 Å². The van der Waals surface area contributed by atoms with Gasteiger partial charge in [0.05, 0.1) is 18.4 Å². The molecule has 0 saturated heterocycles. The van der Waals surface area contributed by atoms with Gasteiger partial charge in [0, 0.05) is 12.6 Å². The van der Waals surface area contributed by atoms with Crippen LogP contribution in [-0.4, -0.2) is 15.6 Å². The number of fused-ring (bicyclic) bond motifs is 2. The van der Waals surface area contributed by atoms with Crippen molar-refractivity contribution < 1.29 is 0 Å². The first-order chi connectivity index (χ1) is 10.8. The number of benzene rings is 1. The fraction of sp³-hybridized carbons (Fsp3) is 0.278. The van der Waals surface area contributed by atoms with Crippen LogP contribution in [0, 0.1) is 0 Å². The average Bonchev–Trinajstić information content (AvgIpc) is 2.96. The smallest absolute Gasteiger partial charge is 0.149 e. The van der Waals surface area contributed by atoms with Crippen LogP contribution in [0.5, 0.6) is 0 Å². The highest BCUT2D eigenvalue weighted by Gasteiger charge is 2.32. The highest BCUT2D eigenvalue weighted by atomic mass is 15.3. The van der Waals surface area contributed by atoms with E-state index in [2.05, 4.69) is 46.7 Å². The average molecular weight is 292 g/mol. The molecule has 1 aliphatic rings. The maximum Gasteiger partial charge on any atom is 0.149 e. The fourth-order valence-corrected chi connectivity index (χ4v) is 3.54. The summed E-state index contributed by atoms with van der Waals surface area (Å²) < 4.78 is 2.05. The van der Waals surface area contributed by atoms with Gasteiger partial charge in [0.2, 0.25) is 0 Å². The number of aromatic nitrogens is 2. The van der Waals surface area contributed by atoms with Gasteiger partial charge < -0.3 is 15.0 Å². The van der Waals surface area contributed by atoms with E-state index in [1.807, 2.05) is 24.4 Å². The lowest BCUT2D eigenvalue weighted by atomic mass is 9.89. The van der Waals surface area contributed by atoms with E-state index in [1.165, 1.54) is 11.1 Å². The van der Waals surface area contributed by atoms with Crippen molar-refractivity contribution in [2.45, 2.75) is 32.0 Å². The van der Waals surface area contributed by atoms with E-state index < -0.39 is 0 Å². The first-order valence-corrected chi connectivity index (χ1v) is 7.83. The molecule has 3 aromatic rings. The van der Waals surface area contributed by atoms with Crippen molar-refractivity contribution in [3.05, 3.63) is 66.0 Å². The van der Waals surface area contributed by atoms with Crippen LogP contribution in [0.4, 0.5) is 5.82 Å². The monoisotopic (exact) mass is 292 g/mol. The molecule has 4 heteroatoms. The van der Waals surface area contributed by atoms with Gasteiger partial charge in [-0.05, 0) is 29.7 Å². The van der Waals surface area contributed by atoms with E-state index in [1.54, 1.807) is 0 Å². The fourth-order valence-electron chi connectivity index (χ4n) is 3.54. The molecule has 4 nitrogen and oxygen atoms in total. The zero-order valence-corrected chi connectivity index (χ0v) is 12.7. The Hall–Kier alpha value is -2.33. The van der Waals surface area contributed by atoms with Gasteiger partial charge in [-0.2, -0.15) is 0 Å². The Morgan fingerprint density at radius 3 is 2.82 bits per heavy atom. The maximum atomic E-state index is 6.49. The number of hydrogen-bond donors (Lipinski definition) is 1. The maximum absolute atomic E-state index is 6.49. The Morgan fingerprint density at radius 1 is 1.18 bits per heavy atom. The molecule has 3 heterocycles. The minimum atomic E-state index is -0.0373. The number of hydrogen-bond acceptors (Lipinski definition) is 3. The van der Waals surface area contributed by atoms with E-state index in [9.17, 15) is 0 Å². The van der Waals surface area contributed by atoms with Crippen LogP contribution in [0.15, 0.2) is 54.9 Å². The number of nitrogens with zero attached hydrogens (tertiary/aromatic N) is 3. The van der Waals surface area contributed by atoms with Crippen molar-refractivity contribution >= 4 is 11.5 Å². The molecule has 2 atom stereocenters. The lowest BCUT2D eigenvalue weighted by molar-refractivity contribution is 0.474. The van der Waals surface area contributed by atoms with Crippen molar-refractivity contribution in [2.24, 2.45) is 5.73 Å². The molecule has 0 radical (unpaired) electrons. The van der Waals surface area contributed by atoms with Crippen LogP contribution in [0.1, 0.15) is 30.5 Å². The van der Waals surface area contributed by atoms with Gasteiger partial charge in [-0.3, -0.25) is 0 Å². The molecule has 2 N–H and O–H groups in total. The van der Waals surface area contributed by atoms with Gasteiger partial charge in [-0.25, -0.2) is 4.98 Å². The van der Waals surface area contributed by atoms with Crippen LogP contribution in [0.25, 0.3) is 5.65 Å². The Labute approximate surface area is 130 Å². The third-order valence-corrected chi connectivity index (χ3v) is 4.54. The summed E-state index contributed by atoms with van der Waals surface area (Å²) in [5.74, 6) is 0.958. The van der Waals surface area contributed by atoms with Gasteiger partial charge in [-0.15, -0.1) is 0 Å². The van der Waals surface area contributed by atoms with Crippen molar-refractivity contribution in [3.63, 3.8) is 0 Å². The standard InChI is InChI=1S/C18H20N4/c1-2-15-14-8-4-3-7-13(14)11-16(19)22(15)18-12-21-10-6-5-9-17(21)20-18/h3-10,12,15-16H,2,11,19H2,1H3. The number of rotatable bonds is 2. The second kappa shape index (κ2) is 5.14. The van der Waals surface area contributed by atoms with Crippen LogP contribution >= 0.6 is 0 Å². The normalized spacial score (nSPS) is 21.1. The number of pyridine rings is 1. The van der Waals surface area contributed by atoms with Gasteiger partial charge in [0.1, 0.15) is 11.5 Å². The van der Waals surface area contributed by atoms with Crippen molar-refractivity contribution in [1.29, 1.82) is 0 Å². The van der Waals surface area contributed by atoms with Gasteiger partial charge in [0.15, 0.2) is 0 Å². The van der Waals surface area contributed by atoms with Crippen LogP contribution in [-0.2, 0) is 6.42 Å². The zero-order valence-electron chi connectivity index (χ0n) is 12.7. The van der Waals surface area contributed by atoms with E-state index in [-0.39, 0.29) is 12.2 Å². The SMILES string of the molecule is CCC1c2ccccc2CC(N)N1c1cn2ccccc2n1. The molecule has 2 aromatic heterocycles. The van der Waals surface area contributed by atoms with E-state index in [0.29, 0.717) is 0 Å². The highest BCUT2D eigenvalue weighted by molar-refractivity contribution is 5.54. The first-order valence-electron chi connectivity index (χ1n) is 7.83. The predicted octanol–water partition coefficient (Wildman–Crippen LogP) is 3.13. The summed E-state index contributed by atoms with van der Waals surface area (Å²) in [5.41, 5.74) is 10.2. The summed E-state index contributed by atoms with van der Waals surface area (Å²) in [6.45, 7) is 2.21. The molecule has 0 saturated carbocycles. The Kier molecular flexibility index (Phi) is 3.12. The molecule has 4 rings (SSSR count). The molecule has 0 spiro atoms. The summed E-state index contributed by atoms with van der Waals surface area (Å²) in [7, 11) is 0. The number of nitrogens with two attached hydrogens (primary N) is 1. The Morgan fingerprint density at radius 2 is 2.00 bits per heavy atom. The molecule has 1 aliphatic heterocycles. The predicted molar refractivity (Wildman–Crippen MR) is 88.8 cm³/mol. The minimum absolute atomic E-state index is 0.0373. The molecule has 2 unspecified atom stereocenters. The van der Waals surface area contributed by atoms with Crippen LogP contribution in [0.2, 0.25) is 0 Å². The summed E-state index contributed by atoms with van der Waals surface area (Å²) in [4.78, 5) is 7.04. The largest absolute Gasteiger partial charge is 0.333 e. The van der Waals surface area contributed by atoms with Gasteiger partial charge in [0.25, 0.3) is 0 Å². The van der Waals surface area contributed by atoms with E-state index >= 15 is 0 Å². The molecule has 0 aliphatic carbocycles. The lowest BCUT2D eigenvalue weighted by Crippen LogP contribution is -2.49. The second-order valence-electron chi connectivity index (χ2n) is 5.87. The molecular formula is C18H20N4. The summed E-state index contributed by atoms with van der Waals surface area (Å²) in [5, 5.41) is 0. The Balaban J connectivity index is 1.83. The molecule has 112 valence electrons. The van der Waals surface area contributed by atoms with Gasteiger partial charge >= 0.3 is 0 Å². The van der Waals surface area contributed by atoms with E-state index in [0.717, 1.165) is 24.3 Å². The Bertz CT molecular complexity index is 774. The summed E-state index contributed by atoms with van der Waals surface area (Å²) >= 11 is 0. The number of anilines is 1. The van der Waals surface area contributed by atoms with Crippen molar-refractivity contribution in [1.82, 2.24) is 9.38 Å². The van der Waals surface area contributed by atoms with Gasteiger partial charge in [-0.1, -0.05) is 37.3 Å². The second-order valence-corrected chi connectivity index (χ2v) is 5.87. The molecule has 1 aromatic carbocycles. The molecule has 0 fully saturated rings. The minimum Gasteiger partial charge on any atom is -0.333 e. The summed E-state index contributed by atoms with van der Waals surface area (Å²) in [6, 6.07) is 14.9. The van der Waals surface area contributed by atoms with Crippen molar-refractivity contribution in [3.8, 4) is 0 Å². The van der Waals surface area contributed by atoms with Crippen molar-refractivity contribution in [2.75, 3.05) is 4.90 Å². The quantitative estimate of drug-likeness (QED) is 0.789. The lowest BCUT2D eigenvalue weighted by Gasteiger charge is -2.41. The number of imidazole rings is 1. The molecular weight excluding hydrogens is 272 g/mol. The summed E-state index contributed by atoms with van der Waals surface area (Å²) in [6.07, 6.45) is 5.94. The van der Waals surface area contributed by atoms with Crippen LogP contribution in [0.3, 0.4) is 0 Å². The highest BCUT2D eigenvalue weighted by Crippen LogP contribution is 2.37. The molecule has 0 bridgehead atoms.